The minimum absolute atomic E-state index is 0.430. The molecule has 0 aliphatic carbocycles. The van der Waals surface area contributed by atoms with Crippen molar-refractivity contribution in [2.24, 2.45) is 0 Å². The van der Waals surface area contributed by atoms with Crippen LogP contribution >= 0.6 is 23.5 Å². The summed E-state index contributed by atoms with van der Waals surface area (Å²) in [6.45, 7) is 6.68. The fraction of sp³-hybridized carbons (Fsp3) is 0.733. The van der Waals surface area contributed by atoms with Gasteiger partial charge in [-0.05, 0) is 13.3 Å². The van der Waals surface area contributed by atoms with Gasteiger partial charge in [0.15, 0.2) is 0 Å². The predicted octanol–water partition coefficient (Wildman–Crippen LogP) is 3.28. The molecular formula is C15H23N3OS2. The number of fused-ring (bicyclic) bond motifs is 1. The highest BCUT2D eigenvalue weighted by Crippen LogP contribution is 2.43. The molecule has 4 nitrogen and oxygen atoms in total. The van der Waals surface area contributed by atoms with Gasteiger partial charge in [0.25, 0.3) is 0 Å². The van der Waals surface area contributed by atoms with Crippen LogP contribution in [0.2, 0.25) is 0 Å². The molecule has 0 amide bonds. The van der Waals surface area contributed by atoms with E-state index in [4.69, 9.17) is 14.7 Å². The monoisotopic (exact) mass is 325 g/mol. The largest absolute Gasteiger partial charge is 0.376 e. The summed E-state index contributed by atoms with van der Waals surface area (Å²) in [7, 11) is 0. The lowest BCUT2D eigenvalue weighted by molar-refractivity contribution is 0.109. The average Bonchev–Trinajstić information content (AvgIpc) is 2.55. The molecule has 0 radical (unpaired) electrons. The lowest BCUT2D eigenvalue weighted by Crippen LogP contribution is -2.24. The van der Waals surface area contributed by atoms with Crippen LogP contribution in [0.25, 0.3) is 0 Å². The second kappa shape index (κ2) is 7.20. The third-order valence-electron chi connectivity index (χ3n) is 3.89. The average molecular weight is 326 g/mol. The molecular weight excluding hydrogens is 302 g/mol. The van der Waals surface area contributed by atoms with E-state index in [-0.39, 0.29) is 0 Å². The molecule has 21 heavy (non-hydrogen) atoms. The Morgan fingerprint density at radius 2 is 2.10 bits per heavy atom. The van der Waals surface area contributed by atoms with Gasteiger partial charge in [-0.25, -0.2) is 9.97 Å². The van der Waals surface area contributed by atoms with Gasteiger partial charge in [-0.15, -0.1) is 11.8 Å². The van der Waals surface area contributed by atoms with Crippen LogP contribution in [0.15, 0.2) is 0 Å². The topological polar surface area (TPSA) is 47.0 Å². The highest BCUT2D eigenvalue weighted by atomic mass is 32.2. The molecule has 2 unspecified atom stereocenters. The summed E-state index contributed by atoms with van der Waals surface area (Å²) in [6.07, 6.45) is 2.09. The maximum Gasteiger partial charge on any atom is 0.145 e. The summed E-state index contributed by atoms with van der Waals surface area (Å²) in [6, 6.07) is 0. The van der Waals surface area contributed by atoms with Crippen LogP contribution in [-0.2, 0) is 17.8 Å². The Labute approximate surface area is 135 Å². The van der Waals surface area contributed by atoms with Crippen molar-refractivity contribution in [1.29, 1.82) is 0 Å². The standard InChI is InChI=1S/C15H23N3OS2/c1-3-12-13(21-8-7-20-12)15-17-11-5-6-19-9-10(11)14(18-15)16-4-2/h12-13H,3-9H2,1-2H3,(H,16,17,18). The van der Waals surface area contributed by atoms with E-state index in [0.717, 1.165) is 36.8 Å². The molecule has 0 saturated carbocycles. The Morgan fingerprint density at radius 1 is 1.24 bits per heavy atom. The van der Waals surface area contributed by atoms with E-state index < -0.39 is 0 Å². The normalized spacial score (nSPS) is 25.4. The third kappa shape index (κ3) is 3.32. The summed E-state index contributed by atoms with van der Waals surface area (Å²) >= 11 is 4.10. The minimum Gasteiger partial charge on any atom is -0.376 e. The molecule has 1 saturated heterocycles. The second-order valence-corrected chi connectivity index (χ2v) is 7.89. The molecule has 1 aromatic rings. The van der Waals surface area contributed by atoms with Gasteiger partial charge in [-0.3, -0.25) is 0 Å². The van der Waals surface area contributed by atoms with Gasteiger partial charge < -0.3 is 10.1 Å². The molecule has 1 aromatic heterocycles. The lowest BCUT2D eigenvalue weighted by atomic mass is 10.1. The van der Waals surface area contributed by atoms with Crippen molar-refractivity contribution >= 4 is 29.3 Å². The number of aromatic nitrogens is 2. The quantitative estimate of drug-likeness (QED) is 0.917. The Bertz CT molecular complexity index is 498. The highest BCUT2D eigenvalue weighted by Gasteiger charge is 2.30. The number of nitrogens with one attached hydrogen (secondary N) is 1. The van der Waals surface area contributed by atoms with Crippen LogP contribution in [0.3, 0.4) is 0 Å². The van der Waals surface area contributed by atoms with E-state index >= 15 is 0 Å². The van der Waals surface area contributed by atoms with E-state index in [9.17, 15) is 0 Å². The second-order valence-electron chi connectivity index (χ2n) is 5.30. The van der Waals surface area contributed by atoms with Gasteiger partial charge >= 0.3 is 0 Å². The van der Waals surface area contributed by atoms with Gasteiger partial charge in [-0.2, -0.15) is 11.8 Å². The summed E-state index contributed by atoms with van der Waals surface area (Å²) < 4.78 is 5.58. The van der Waals surface area contributed by atoms with Crippen LogP contribution < -0.4 is 5.32 Å². The van der Waals surface area contributed by atoms with Crippen LogP contribution in [0.5, 0.6) is 0 Å². The fourth-order valence-corrected chi connectivity index (χ4v) is 5.83. The first kappa shape index (κ1) is 15.4. The van der Waals surface area contributed by atoms with Crippen LogP contribution in [0, 0.1) is 0 Å². The van der Waals surface area contributed by atoms with Crippen molar-refractivity contribution in [2.75, 3.05) is 30.0 Å². The summed E-state index contributed by atoms with van der Waals surface area (Å²) in [5.41, 5.74) is 2.35. The summed E-state index contributed by atoms with van der Waals surface area (Å²) in [4.78, 5) is 9.77. The number of hydrogen-bond donors (Lipinski definition) is 1. The van der Waals surface area contributed by atoms with Crippen molar-refractivity contribution in [3.05, 3.63) is 17.1 Å². The van der Waals surface area contributed by atoms with Crippen LogP contribution in [0.1, 0.15) is 42.6 Å². The molecule has 0 bridgehead atoms. The molecule has 1 N–H and O–H groups in total. The number of rotatable bonds is 4. The lowest BCUT2D eigenvalue weighted by Gasteiger charge is -2.30. The molecule has 2 aliphatic heterocycles. The molecule has 1 fully saturated rings. The van der Waals surface area contributed by atoms with E-state index in [1.165, 1.54) is 23.6 Å². The van der Waals surface area contributed by atoms with E-state index in [0.29, 0.717) is 17.1 Å². The fourth-order valence-electron chi connectivity index (χ4n) is 2.83. The number of ether oxygens (including phenoxy) is 1. The Hall–Kier alpha value is -0.460. The van der Waals surface area contributed by atoms with Crippen molar-refractivity contribution in [2.45, 2.75) is 43.8 Å². The molecule has 2 aliphatic rings. The molecule has 0 aromatic carbocycles. The first-order valence-electron chi connectivity index (χ1n) is 7.78. The predicted molar refractivity (Wildman–Crippen MR) is 91.3 cm³/mol. The van der Waals surface area contributed by atoms with Gasteiger partial charge in [0.1, 0.15) is 11.6 Å². The Balaban J connectivity index is 1.95. The number of hydrogen-bond acceptors (Lipinski definition) is 6. The molecule has 6 heteroatoms. The zero-order valence-corrected chi connectivity index (χ0v) is 14.4. The van der Waals surface area contributed by atoms with Crippen molar-refractivity contribution in [3.8, 4) is 0 Å². The SMILES string of the molecule is CCNc1nc(C2SCCSC2CC)nc2c1COCC2. The van der Waals surface area contributed by atoms with Crippen molar-refractivity contribution < 1.29 is 4.74 Å². The molecule has 3 rings (SSSR count). The van der Waals surface area contributed by atoms with Crippen molar-refractivity contribution in [1.82, 2.24) is 9.97 Å². The van der Waals surface area contributed by atoms with Gasteiger partial charge in [0.2, 0.25) is 0 Å². The smallest absolute Gasteiger partial charge is 0.145 e. The minimum atomic E-state index is 0.430. The summed E-state index contributed by atoms with van der Waals surface area (Å²) in [5, 5.41) is 4.47. The van der Waals surface area contributed by atoms with Gasteiger partial charge in [0.05, 0.1) is 24.2 Å². The zero-order valence-electron chi connectivity index (χ0n) is 12.7. The van der Waals surface area contributed by atoms with Gasteiger partial charge in [0, 0.05) is 35.3 Å². The molecule has 116 valence electrons. The van der Waals surface area contributed by atoms with E-state index in [1.54, 1.807) is 0 Å². The first-order valence-corrected chi connectivity index (χ1v) is 9.87. The Morgan fingerprint density at radius 3 is 2.90 bits per heavy atom. The molecule has 0 spiro atoms. The third-order valence-corrected chi connectivity index (χ3v) is 7.13. The Kier molecular flexibility index (Phi) is 5.29. The maximum absolute atomic E-state index is 5.58. The number of nitrogens with zero attached hydrogens (tertiary/aromatic N) is 2. The molecule has 2 atom stereocenters. The first-order chi connectivity index (χ1) is 10.3. The van der Waals surface area contributed by atoms with Crippen LogP contribution in [0.4, 0.5) is 5.82 Å². The summed E-state index contributed by atoms with van der Waals surface area (Å²) in [5.74, 6) is 4.46. The maximum atomic E-state index is 5.58. The van der Waals surface area contributed by atoms with Crippen molar-refractivity contribution in [3.63, 3.8) is 0 Å². The van der Waals surface area contributed by atoms with E-state index in [2.05, 4.69) is 30.9 Å². The van der Waals surface area contributed by atoms with Gasteiger partial charge in [-0.1, -0.05) is 6.92 Å². The number of thioether (sulfide) groups is 2. The van der Waals surface area contributed by atoms with E-state index in [1.807, 2.05) is 11.8 Å². The molecule has 3 heterocycles. The van der Waals surface area contributed by atoms with Crippen LogP contribution in [-0.4, -0.2) is 39.9 Å². The zero-order chi connectivity index (χ0) is 14.7. The number of anilines is 1. The highest BCUT2D eigenvalue weighted by molar-refractivity contribution is 8.06.